The molecule has 0 aliphatic carbocycles. The summed E-state index contributed by atoms with van der Waals surface area (Å²) in [6, 6.07) is 5.42. The van der Waals surface area contributed by atoms with Gasteiger partial charge in [-0.05, 0) is 24.3 Å². The van der Waals surface area contributed by atoms with Crippen LogP contribution in [0.25, 0.3) is 0 Å². The molecule has 0 amide bonds. The summed E-state index contributed by atoms with van der Waals surface area (Å²) in [6.45, 7) is -0.902. The number of carboxylic acids is 1. The van der Waals surface area contributed by atoms with E-state index in [1.807, 2.05) is 4.83 Å². The lowest BCUT2D eigenvalue weighted by Gasteiger charge is -2.21. The zero-order valence-electron chi connectivity index (χ0n) is 10.4. The quantitative estimate of drug-likeness (QED) is 0.373. The van der Waals surface area contributed by atoms with Gasteiger partial charge in [0.15, 0.2) is 0 Å². The number of aliphatic carboxylic acids is 1. The predicted molar refractivity (Wildman–Crippen MR) is 75.7 cm³/mol. The fourth-order valence-corrected chi connectivity index (χ4v) is 3.38. The lowest BCUT2D eigenvalue weighted by Crippen LogP contribution is -2.45. The van der Waals surface area contributed by atoms with Gasteiger partial charge in [-0.3, -0.25) is 9.36 Å². The summed E-state index contributed by atoms with van der Waals surface area (Å²) >= 11 is 3.13. The van der Waals surface area contributed by atoms with Gasteiger partial charge in [0.05, 0.1) is 4.90 Å². The molecule has 0 fully saturated rings. The summed E-state index contributed by atoms with van der Waals surface area (Å²) < 4.78 is 35.6. The topological polar surface area (TPSA) is 144 Å². The van der Waals surface area contributed by atoms with Crippen molar-refractivity contribution in [1.29, 1.82) is 0 Å². The molecule has 1 aromatic rings. The van der Waals surface area contributed by atoms with Crippen LogP contribution < -0.4 is 4.83 Å². The van der Waals surface area contributed by atoms with Gasteiger partial charge in [-0.25, -0.2) is 13.4 Å². The number of carbonyl (C=O) groups is 1. The molecule has 4 N–H and O–H groups in total. The lowest BCUT2D eigenvalue weighted by atomic mass is 10.4. The number of sulfonamides is 1. The molecule has 0 spiro atoms. The predicted octanol–water partition coefficient (Wildman–Crippen LogP) is 0.164. The van der Waals surface area contributed by atoms with Crippen molar-refractivity contribution in [2.45, 2.75) is 4.90 Å². The Labute approximate surface area is 128 Å². The van der Waals surface area contributed by atoms with E-state index in [2.05, 4.69) is 15.9 Å². The number of hydrogen-bond donors (Lipinski definition) is 4. The van der Waals surface area contributed by atoms with E-state index < -0.39 is 36.4 Å². The molecular formula is C9H12BrN2O7PS. The molecule has 0 unspecified atom stereocenters. The van der Waals surface area contributed by atoms with Crippen LogP contribution in [0.5, 0.6) is 0 Å². The fraction of sp³-hybridized carbons (Fsp3) is 0.222. The standard InChI is InChI=1S/C9H12BrN2O7PS/c10-7-1-3-8(4-2-7)21(18,19)11-12(5-9(13)14)6-20(15,16)17/h1-4,11H,5-6H2,(H,13,14)(H2,15,16,17). The van der Waals surface area contributed by atoms with Crippen molar-refractivity contribution in [1.82, 2.24) is 9.84 Å². The monoisotopic (exact) mass is 402 g/mol. The molecule has 0 saturated heterocycles. The Morgan fingerprint density at radius 3 is 2.24 bits per heavy atom. The zero-order valence-corrected chi connectivity index (χ0v) is 13.7. The van der Waals surface area contributed by atoms with E-state index in [0.29, 0.717) is 9.48 Å². The number of hydrogen-bond acceptors (Lipinski definition) is 5. The van der Waals surface area contributed by atoms with Crippen molar-refractivity contribution in [2.75, 3.05) is 12.8 Å². The van der Waals surface area contributed by atoms with Crippen LogP contribution >= 0.6 is 23.5 Å². The fourth-order valence-electron chi connectivity index (χ4n) is 1.33. The van der Waals surface area contributed by atoms with Gasteiger partial charge in [0.1, 0.15) is 12.8 Å². The van der Waals surface area contributed by atoms with Gasteiger partial charge in [-0.1, -0.05) is 15.9 Å². The summed E-state index contributed by atoms with van der Waals surface area (Å²) in [5.74, 6) is -1.44. The Morgan fingerprint density at radius 1 is 1.29 bits per heavy atom. The van der Waals surface area contributed by atoms with Crippen LogP contribution in [0, 0.1) is 0 Å². The van der Waals surface area contributed by atoms with Crippen molar-refractivity contribution >= 4 is 39.5 Å². The minimum absolute atomic E-state index is 0.174. The maximum absolute atomic E-state index is 12.0. The third kappa shape index (κ3) is 6.66. The van der Waals surface area contributed by atoms with E-state index in [-0.39, 0.29) is 4.90 Å². The van der Waals surface area contributed by atoms with Crippen LogP contribution in [-0.2, 0) is 19.4 Å². The molecule has 21 heavy (non-hydrogen) atoms. The molecule has 0 radical (unpaired) electrons. The van der Waals surface area contributed by atoms with Crippen molar-refractivity contribution in [3.63, 3.8) is 0 Å². The molecule has 0 aliphatic rings. The second-order valence-electron chi connectivity index (χ2n) is 3.95. The van der Waals surface area contributed by atoms with Crippen LogP contribution in [0.2, 0.25) is 0 Å². The maximum Gasteiger partial charge on any atom is 0.340 e. The van der Waals surface area contributed by atoms with Gasteiger partial charge in [0.2, 0.25) is 0 Å². The normalized spacial score (nSPS) is 12.6. The molecule has 1 rings (SSSR count). The third-order valence-electron chi connectivity index (χ3n) is 2.05. The number of nitrogens with one attached hydrogen (secondary N) is 1. The van der Waals surface area contributed by atoms with E-state index in [1.54, 1.807) is 0 Å². The smallest absolute Gasteiger partial charge is 0.340 e. The SMILES string of the molecule is O=C(O)CN(CP(=O)(O)O)NS(=O)(=O)c1ccc(Br)cc1. The summed E-state index contributed by atoms with van der Waals surface area (Å²) in [5.41, 5.74) is 0. The molecule has 12 heteroatoms. The molecule has 0 saturated carbocycles. The Balaban J connectivity index is 2.97. The van der Waals surface area contributed by atoms with Crippen molar-refractivity contribution in [3.8, 4) is 0 Å². The number of benzene rings is 1. The molecular weight excluding hydrogens is 391 g/mol. The highest BCUT2D eigenvalue weighted by molar-refractivity contribution is 9.10. The summed E-state index contributed by atoms with van der Waals surface area (Å²) in [7, 11) is -8.78. The third-order valence-corrected chi connectivity index (χ3v) is 4.68. The molecule has 0 atom stereocenters. The molecule has 0 bridgehead atoms. The first-order valence-corrected chi connectivity index (χ1v) is 9.36. The zero-order chi connectivity index (χ0) is 16.3. The highest BCUT2D eigenvalue weighted by Crippen LogP contribution is 2.34. The number of rotatable bonds is 7. The van der Waals surface area contributed by atoms with Crippen molar-refractivity contribution in [2.24, 2.45) is 0 Å². The average molecular weight is 403 g/mol. The van der Waals surface area contributed by atoms with E-state index in [1.165, 1.54) is 24.3 Å². The van der Waals surface area contributed by atoms with E-state index >= 15 is 0 Å². The van der Waals surface area contributed by atoms with Crippen LogP contribution in [0.3, 0.4) is 0 Å². The number of carboxylic acid groups (broad SMARTS) is 1. The first kappa shape index (κ1) is 18.2. The van der Waals surface area contributed by atoms with E-state index in [0.717, 1.165) is 0 Å². The highest BCUT2D eigenvalue weighted by atomic mass is 79.9. The van der Waals surface area contributed by atoms with Crippen LogP contribution in [0.15, 0.2) is 33.6 Å². The second-order valence-corrected chi connectivity index (χ2v) is 8.14. The molecule has 118 valence electrons. The van der Waals surface area contributed by atoms with E-state index in [9.17, 15) is 17.8 Å². The van der Waals surface area contributed by atoms with Gasteiger partial charge < -0.3 is 14.9 Å². The minimum atomic E-state index is -4.64. The molecule has 0 aliphatic heterocycles. The summed E-state index contributed by atoms with van der Waals surface area (Å²) in [5, 5.41) is 9.08. The van der Waals surface area contributed by atoms with Gasteiger partial charge in [-0.15, -0.1) is 4.83 Å². The molecule has 1 aromatic carbocycles. The summed E-state index contributed by atoms with van der Waals surface area (Å²) in [6.07, 6.45) is -1.06. The van der Waals surface area contributed by atoms with Crippen molar-refractivity contribution < 1.29 is 32.7 Å². The first-order chi connectivity index (χ1) is 9.49. The van der Waals surface area contributed by atoms with Crippen LogP contribution in [0.1, 0.15) is 0 Å². The minimum Gasteiger partial charge on any atom is -0.480 e. The Bertz CT molecular complexity index is 657. The number of halogens is 1. The average Bonchev–Trinajstić information content (AvgIpc) is 2.25. The Hall–Kier alpha value is -0.810. The van der Waals surface area contributed by atoms with Crippen molar-refractivity contribution in [3.05, 3.63) is 28.7 Å². The van der Waals surface area contributed by atoms with Gasteiger partial charge in [0, 0.05) is 4.47 Å². The van der Waals surface area contributed by atoms with Gasteiger partial charge in [-0.2, -0.15) is 0 Å². The largest absolute Gasteiger partial charge is 0.480 e. The Kier molecular flexibility index (Phi) is 6.05. The number of nitrogens with zero attached hydrogens (tertiary/aromatic N) is 1. The van der Waals surface area contributed by atoms with Gasteiger partial charge >= 0.3 is 13.6 Å². The van der Waals surface area contributed by atoms with Gasteiger partial charge in [0.25, 0.3) is 10.0 Å². The summed E-state index contributed by atoms with van der Waals surface area (Å²) in [4.78, 5) is 30.0. The molecule has 9 nitrogen and oxygen atoms in total. The first-order valence-electron chi connectivity index (χ1n) is 5.29. The van der Waals surface area contributed by atoms with E-state index in [4.69, 9.17) is 14.9 Å². The second kappa shape index (κ2) is 6.97. The highest BCUT2D eigenvalue weighted by Gasteiger charge is 2.26. The number of hydrazine groups is 1. The molecule has 0 heterocycles. The maximum atomic E-state index is 12.0. The van der Waals surface area contributed by atoms with Crippen LogP contribution in [-0.4, -0.2) is 47.1 Å². The Morgan fingerprint density at radius 2 is 1.81 bits per heavy atom. The lowest BCUT2D eigenvalue weighted by molar-refractivity contribution is -0.138. The molecule has 0 aromatic heterocycles. The van der Waals surface area contributed by atoms with Crippen LogP contribution in [0.4, 0.5) is 0 Å².